The van der Waals surface area contributed by atoms with Gasteiger partial charge in [-0.1, -0.05) is 160 Å². The van der Waals surface area contributed by atoms with E-state index in [1.807, 2.05) is 81.9 Å². The molecule has 354 valence electrons. The van der Waals surface area contributed by atoms with E-state index in [0.29, 0.717) is 36.7 Å². The zero-order valence-corrected chi connectivity index (χ0v) is 40.2. The average Bonchev–Trinajstić information content (AvgIpc) is 3.23. The van der Waals surface area contributed by atoms with E-state index in [-0.39, 0.29) is 26.1 Å². The third-order valence-corrected chi connectivity index (χ3v) is 9.73. The average molecular weight is 896 g/mol. The fourth-order valence-electron chi connectivity index (χ4n) is 5.16. The summed E-state index contributed by atoms with van der Waals surface area (Å²) in [6.45, 7) is 3.77. The number of allylic oxidation sites excluding steroid dienone is 20. The van der Waals surface area contributed by atoms with Crippen molar-refractivity contribution in [3.05, 3.63) is 134 Å². The van der Waals surface area contributed by atoms with E-state index in [0.717, 1.165) is 44.9 Å². The highest BCUT2D eigenvalue weighted by Gasteiger charge is 2.21. The van der Waals surface area contributed by atoms with Gasteiger partial charge in [-0.15, -0.1) is 0 Å². The molecule has 0 heterocycles. The van der Waals surface area contributed by atoms with E-state index in [4.69, 9.17) is 18.5 Å². The Morgan fingerprint density at radius 3 is 1.60 bits per heavy atom. The normalized spacial score (nSPS) is 15.2. The maximum absolute atomic E-state index is 12.7. The maximum atomic E-state index is 12.7. The number of likely N-dealkylation sites (N-methyl/N-ethyl adjacent to an activating group) is 1. The van der Waals surface area contributed by atoms with Gasteiger partial charge in [-0.05, 0) is 83.5 Å². The second-order valence-electron chi connectivity index (χ2n) is 15.9. The second-order valence-corrected chi connectivity index (χ2v) is 17.3. The van der Waals surface area contributed by atoms with Crippen molar-refractivity contribution in [2.75, 3.05) is 47.5 Å². The summed E-state index contributed by atoms with van der Waals surface area (Å²) in [5.41, 5.74) is 0. The van der Waals surface area contributed by atoms with Crippen LogP contribution in [0.1, 0.15) is 123 Å². The Kier molecular flexibility index (Phi) is 39.5. The molecule has 0 amide bonds. The molecule has 1 N–H and O–H groups in total. The van der Waals surface area contributed by atoms with Crippen molar-refractivity contribution in [2.45, 2.75) is 135 Å². The van der Waals surface area contributed by atoms with Gasteiger partial charge in [-0.2, -0.15) is 0 Å². The molecule has 0 spiro atoms. The van der Waals surface area contributed by atoms with E-state index in [1.165, 1.54) is 25.7 Å². The zero-order valence-electron chi connectivity index (χ0n) is 39.3. The van der Waals surface area contributed by atoms with Gasteiger partial charge in [-0.25, -0.2) is 0 Å². The van der Waals surface area contributed by atoms with Gasteiger partial charge in [0.15, 0.2) is 6.10 Å². The highest BCUT2D eigenvalue weighted by molar-refractivity contribution is 7.45. The molecule has 10 nitrogen and oxygen atoms in total. The predicted octanol–water partition coefficient (Wildman–Crippen LogP) is 11.8. The van der Waals surface area contributed by atoms with Crippen LogP contribution in [0.5, 0.6) is 0 Å². The number of phosphoric ester groups is 1. The van der Waals surface area contributed by atoms with Crippen molar-refractivity contribution in [2.24, 2.45) is 0 Å². The van der Waals surface area contributed by atoms with Crippen LogP contribution < -0.4 is 4.89 Å². The van der Waals surface area contributed by atoms with E-state index in [2.05, 4.69) is 80.7 Å². The molecule has 0 fully saturated rings. The largest absolute Gasteiger partial charge is 0.756 e. The summed E-state index contributed by atoms with van der Waals surface area (Å²) in [7, 11) is 1.03. The van der Waals surface area contributed by atoms with Gasteiger partial charge in [0.05, 0.1) is 33.9 Å². The van der Waals surface area contributed by atoms with Crippen LogP contribution in [0.3, 0.4) is 0 Å². The smallest absolute Gasteiger partial charge is 0.306 e. The molecule has 0 rings (SSSR count). The number of hydrogen-bond donors (Lipinski definition) is 1. The molecule has 0 aromatic heterocycles. The Labute approximate surface area is 382 Å². The van der Waals surface area contributed by atoms with Crippen LogP contribution >= 0.6 is 7.82 Å². The summed E-state index contributed by atoms with van der Waals surface area (Å²) in [5.74, 6) is -1.07. The molecule has 0 aliphatic heterocycles. The number of esters is 2. The predicted molar refractivity (Wildman–Crippen MR) is 260 cm³/mol. The minimum Gasteiger partial charge on any atom is -0.756 e. The molecular weight excluding hydrogens is 814 g/mol. The van der Waals surface area contributed by atoms with Crippen molar-refractivity contribution >= 4 is 19.8 Å². The first-order chi connectivity index (χ1) is 30.4. The number of carbonyl (C=O) groups is 2. The van der Waals surface area contributed by atoms with Crippen molar-refractivity contribution in [3.8, 4) is 0 Å². The summed E-state index contributed by atoms with van der Waals surface area (Å²) < 4.78 is 33.7. The maximum Gasteiger partial charge on any atom is 0.306 e. The van der Waals surface area contributed by atoms with E-state index < -0.39 is 38.6 Å². The number of ether oxygens (including phenoxy) is 2. The quantitative estimate of drug-likeness (QED) is 0.0160. The van der Waals surface area contributed by atoms with Crippen molar-refractivity contribution in [1.82, 2.24) is 0 Å². The zero-order chi connectivity index (χ0) is 46.5. The Morgan fingerprint density at radius 2 is 1.10 bits per heavy atom. The number of carbonyl (C=O) groups excluding carboxylic acids is 2. The number of phosphoric acid groups is 1. The molecule has 0 aromatic carbocycles. The van der Waals surface area contributed by atoms with E-state index >= 15 is 0 Å². The third kappa shape index (κ3) is 45.9. The SMILES string of the molecule is CC/C=C\CC(O)/C=C/C=C/C/C=C\C/C=C\C/C=C\CCC(=O)O[C@H](COC(=O)CC/C=C\C/C=C\C/C=C\C/C=C\C/C=C\CCCCC)COP(=O)([O-])OCC[N+](C)(C)C. The van der Waals surface area contributed by atoms with Gasteiger partial charge in [0.1, 0.15) is 19.8 Å². The first-order valence-corrected chi connectivity index (χ1v) is 24.5. The molecule has 0 aromatic rings. The molecule has 0 aliphatic carbocycles. The lowest BCUT2D eigenvalue weighted by Gasteiger charge is -2.28. The van der Waals surface area contributed by atoms with Crippen molar-refractivity contribution in [1.29, 1.82) is 0 Å². The van der Waals surface area contributed by atoms with E-state index in [1.54, 1.807) is 6.08 Å². The fourth-order valence-corrected chi connectivity index (χ4v) is 5.89. The minimum atomic E-state index is -4.68. The molecule has 0 bridgehead atoms. The van der Waals surface area contributed by atoms with Gasteiger partial charge in [0.25, 0.3) is 7.82 Å². The summed E-state index contributed by atoms with van der Waals surface area (Å²) >= 11 is 0. The Bertz CT molecular complexity index is 1540. The van der Waals surface area contributed by atoms with Gasteiger partial charge >= 0.3 is 11.9 Å². The number of aliphatic hydroxyl groups is 1. The summed E-state index contributed by atoms with van der Waals surface area (Å²) in [6, 6.07) is 0. The van der Waals surface area contributed by atoms with Gasteiger partial charge in [0, 0.05) is 12.8 Å². The van der Waals surface area contributed by atoms with Crippen LogP contribution in [0.4, 0.5) is 0 Å². The molecule has 0 radical (unpaired) electrons. The molecule has 11 heteroatoms. The van der Waals surface area contributed by atoms with Crippen LogP contribution in [0.2, 0.25) is 0 Å². The number of quaternary nitrogens is 1. The Hall–Kier alpha value is -3.89. The topological polar surface area (TPSA) is 131 Å². The Morgan fingerprint density at radius 1 is 0.603 bits per heavy atom. The van der Waals surface area contributed by atoms with Crippen LogP contribution in [0, 0.1) is 0 Å². The lowest BCUT2D eigenvalue weighted by atomic mass is 10.2. The minimum absolute atomic E-state index is 0.0598. The van der Waals surface area contributed by atoms with Crippen LogP contribution in [0.25, 0.3) is 0 Å². The molecule has 0 saturated heterocycles. The third-order valence-electron chi connectivity index (χ3n) is 8.76. The summed E-state index contributed by atoms with van der Waals surface area (Å²) in [6.07, 6.45) is 57.0. The highest BCUT2D eigenvalue weighted by atomic mass is 31.2. The number of nitrogens with zero attached hydrogens (tertiary/aromatic N) is 1. The molecule has 0 aliphatic rings. The van der Waals surface area contributed by atoms with Crippen LogP contribution in [-0.4, -0.2) is 81.2 Å². The number of rotatable bonds is 39. The number of aliphatic hydroxyl groups excluding tert-OH is 1. The first kappa shape index (κ1) is 59.1. The van der Waals surface area contributed by atoms with Gasteiger partial charge < -0.3 is 33.0 Å². The molecule has 2 unspecified atom stereocenters. The highest BCUT2D eigenvalue weighted by Crippen LogP contribution is 2.38. The standard InChI is InChI=1S/C52H82NO9P/c1-6-8-10-11-12-13-14-15-16-17-18-19-20-23-26-29-32-35-39-43-51(55)59-47-50(48-61-63(57,58)60-46-45-53(3,4)5)62-52(56)44-40-36-33-30-27-24-21-22-25-28-31-34-38-42-49(54)41-37-9-7-2/h9,12-13,15-16,18-19,22-27,31-38,42,49-50,54H,6-8,10-11,14,17,20-21,28-30,39-41,43-48H2,1-5H3/b13-12-,16-15-,19-18-,25-22-,26-23-,27-24-,34-31+,35-32-,36-33-,37-9-,42-38+/t49?,50-/m1/s1. The number of unbranched alkanes of at least 4 members (excludes halogenated alkanes) is 3. The molecule has 0 saturated carbocycles. The fraction of sp³-hybridized carbons (Fsp3) is 0.538. The van der Waals surface area contributed by atoms with Gasteiger partial charge in [0.2, 0.25) is 0 Å². The molecule has 63 heavy (non-hydrogen) atoms. The summed E-state index contributed by atoms with van der Waals surface area (Å²) in [5, 5.41) is 9.85. The molecule has 3 atom stereocenters. The van der Waals surface area contributed by atoms with Crippen molar-refractivity contribution < 1.29 is 47.2 Å². The summed E-state index contributed by atoms with van der Waals surface area (Å²) in [4.78, 5) is 37.5. The van der Waals surface area contributed by atoms with Crippen LogP contribution in [0.15, 0.2) is 134 Å². The number of hydrogen-bond acceptors (Lipinski definition) is 9. The lowest BCUT2D eigenvalue weighted by Crippen LogP contribution is -2.37. The second kappa shape index (κ2) is 42.1. The lowest BCUT2D eigenvalue weighted by molar-refractivity contribution is -0.870. The monoisotopic (exact) mass is 896 g/mol. The van der Waals surface area contributed by atoms with E-state index in [9.17, 15) is 24.2 Å². The van der Waals surface area contributed by atoms with Crippen LogP contribution in [-0.2, 0) is 32.7 Å². The first-order valence-electron chi connectivity index (χ1n) is 23.0. The van der Waals surface area contributed by atoms with Gasteiger partial charge in [-0.3, -0.25) is 14.2 Å². The van der Waals surface area contributed by atoms with Crippen molar-refractivity contribution in [3.63, 3.8) is 0 Å². The Balaban J connectivity index is 4.64. The molecular formula is C52H82NO9P.